The molecule has 0 bridgehead atoms. The molecule has 1 saturated heterocycles. The summed E-state index contributed by atoms with van der Waals surface area (Å²) < 4.78 is 13.5. The van der Waals surface area contributed by atoms with E-state index < -0.39 is 23.1 Å². The molecule has 1 aromatic heterocycles. The van der Waals surface area contributed by atoms with Crippen LogP contribution < -0.4 is 0 Å². The van der Waals surface area contributed by atoms with Crippen LogP contribution in [0, 0.1) is 5.82 Å². The van der Waals surface area contributed by atoms with Crippen LogP contribution in [0.3, 0.4) is 0 Å². The van der Waals surface area contributed by atoms with Gasteiger partial charge in [0.1, 0.15) is 15.6 Å². The highest BCUT2D eigenvalue weighted by Gasteiger charge is 2.64. The lowest BCUT2D eigenvalue weighted by Crippen LogP contribution is -2.36. The van der Waals surface area contributed by atoms with E-state index in [0.717, 1.165) is 17.4 Å². The van der Waals surface area contributed by atoms with Crippen molar-refractivity contribution < 1.29 is 19.1 Å². The number of aromatic hydroxyl groups is 1. The molecule has 0 unspecified atom stereocenters. The molecule has 1 spiro atoms. The van der Waals surface area contributed by atoms with E-state index in [1.807, 2.05) is 0 Å². The number of amides is 3. The quantitative estimate of drug-likeness (QED) is 0.442. The minimum atomic E-state index is -0.881. The number of phenols is 1. The third-order valence-corrected chi connectivity index (χ3v) is 7.66. The zero-order valence-electron chi connectivity index (χ0n) is 16.7. The molecule has 0 radical (unpaired) electrons. The van der Waals surface area contributed by atoms with Crippen LogP contribution in [0.2, 0.25) is 15.1 Å². The standard InChI is InChI=1S/C21H14Cl3FN4O3S/c22-11-2-1-10(13(23)7-11)8-28-19(31)21(5-6-21)29(20(28)32)9-15-26-27-18(33-15)12-3-4-14(25)17(30)16(12)24/h1-4,7,30H,5-6,8-9H2. The lowest BCUT2D eigenvalue weighted by Gasteiger charge is -2.19. The molecule has 2 aromatic carbocycles. The van der Waals surface area contributed by atoms with Crippen LogP contribution in [-0.2, 0) is 17.9 Å². The van der Waals surface area contributed by atoms with E-state index in [0.29, 0.717) is 44.0 Å². The van der Waals surface area contributed by atoms with E-state index in [4.69, 9.17) is 34.8 Å². The minimum Gasteiger partial charge on any atom is -0.504 e. The fourth-order valence-corrected chi connectivity index (χ4v) is 5.46. The molecule has 2 aliphatic rings. The number of phenolic OH excluding ortho intramolecular Hbond substituents is 1. The van der Waals surface area contributed by atoms with Crippen LogP contribution >= 0.6 is 46.1 Å². The maximum atomic E-state index is 13.5. The van der Waals surface area contributed by atoms with Gasteiger partial charge in [-0.25, -0.2) is 9.18 Å². The Bertz CT molecular complexity index is 1310. The number of hydrogen-bond donors (Lipinski definition) is 1. The first-order chi connectivity index (χ1) is 15.7. The molecule has 1 N–H and O–H groups in total. The van der Waals surface area contributed by atoms with E-state index >= 15 is 0 Å². The zero-order valence-corrected chi connectivity index (χ0v) is 19.8. The van der Waals surface area contributed by atoms with Gasteiger partial charge in [0.15, 0.2) is 11.6 Å². The predicted octanol–water partition coefficient (Wildman–Crippen LogP) is 5.51. The van der Waals surface area contributed by atoms with Crippen molar-refractivity contribution in [2.75, 3.05) is 0 Å². The summed E-state index contributed by atoms with van der Waals surface area (Å²) in [6.07, 6.45) is 1.12. The van der Waals surface area contributed by atoms with Crippen molar-refractivity contribution in [1.29, 1.82) is 0 Å². The summed E-state index contributed by atoms with van der Waals surface area (Å²) in [7, 11) is 0. The third-order valence-electron chi connectivity index (χ3n) is 5.75. The van der Waals surface area contributed by atoms with Gasteiger partial charge in [-0.05, 0) is 42.7 Å². The first-order valence-corrected chi connectivity index (χ1v) is 11.7. The van der Waals surface area contributed by atoms with E-state index in [1.165, 1.54) is 15.9 Å². The fourth-order valence-electron chi connectivity index (χ4n) is 3.83. The smallest absolute Gasteiger partial charge is 0.328 e. The van der Waals surface area contributed by atoms with E-state index in [1.54, 1.807) is 18.2 Å². The van der Waals surface area contributed by atoms with Crippen LogP contribution in [0.5, 0.6) is 5.75 Å². The monoisotopic (exact) mass is 526 g/mol. The number of benzene rings is 2. The van der Waals surface area contributed by atoms with Gasteiger partial charge in [-0.15, -0.1) is 10.2 Å². The number of nitrogens with zero attached hydrogens (tertiary/aromatic N) is 4. The van der Waals surface area contributed by atoms with Crippen molar-refractivity contribution in [3.63, 3.8) is 0 Å². The van der Waals surface area contributed by atoms with Crippen LogP contribution in [0.4, 0.5) is 9.18 Å². The lowest BCUT2D eigenvalue weighted by molar-refractivity contribution is -0.129. The second-order valence-corrected chi connectivity index (χ2v) is 10.1. The van der Waals surface area contributed by atoms with Gasteiger partial charge in [-0.2, -0.15) is 0 Å². The molecule has 3 amide bonds. The number of halogens is 4. The van der Waals surface area contributed by atoms with Crippen molar-refractivity contribution in [2.24, 2.45) is 0 Å². The predicted molar refractivity (Wildman–Crippen MR) is 122 cm³/mol. The second-order valence-electron chi connectivity index (χ2n) is 7.79. The van der Waals surface area contributed by atoms with Gasteiger partial charge in [0.2, 0.25) is 0 Å². The Kier molecular flexibility index (Phi) is 5.48. The summed E-state index contributed by atoms with van der Waals surface area (Å²) in [5, 5.41) is 19.4. The number of urea groups is 1. The highest BCUT2D eigenvalue weighted by molar-refractivity contribution is 7.14. The SMILES string of the molecule is O=C1N(Cc2ccc(Cl)cc2Cl)C(=O)C2(CC2)N1Cc1nnc(-c2ccc(F)c(O)c2Cl)s1. The van der Waals surface area contributed by atoms with Crippen LogP contribution in [0.25, 0.3) is 10.6 Å². The van der Waals surface area contributed by atoms with Crippen molar-refractivity contribution in [1.82, 2.24) is 20.0 Å². The van der Waals surface area contributed by atoms with Crippen molar-refractivity contribution in [3.8, 4) is 16.3 Å². The number of carbonyl (C=O) groups excluding carboxylic acids is 2. The average molecular weight is 528 g/mol. The average Bonchev–Trinajstić information content (AvgIpc) is 3.41. The summed E-state index contributed by atoms with van der Waals surface area (Å²) in [6.45, 7) is 0.121. The summed E-state index contributed by atoms with van der Waals surface area (Å²) in [4.78, 5) is 29.0. The van der Waals surface area contributed by atoms with Gasteiger partial charge in [-0.1, -0.05) is 52.2 Å². The van der Waals surface area contributed by atoms with Crippen LogP contribution in [0.1, 0.15) is 23.4 Å². The molecule has 33 heavy (non-hydrogen) atoms. The normalized spacial score (nSPS) is 16.8. The zero-order chi connectivity index (χ0) is 23.5. The minimum absolute atomic E-state index is 0.0394. The Labute approximate surface area is 206 Å². The van der Waals surface area contributed by atoms with Crippen LogP contribution in [-0.4, -0.2) is 42.6 Å². The number of imide groups is 1. The molecule has 0 atom stereocenters. The maximum Gasteiger partial charge on any atom is 0.328 e. The largest absolute Gasteiger partial charge is 0.504 e. The van der Waals surface area contributed by atoms with E-state index in [-0.39, 0.29) is 24.0 Å². The van der Waals surface area contributed by atoms with Gasteiger partial charge in [-0.3, -0.25) is 9.69 Å². The number of aromatic nitrogens is 2. The fraction of sp³-hybridized carbons (Fsp3) is 0.238. The lowest BCUT2D eigenvalue weighted by atomic mass is 10.2. The Morgan fingerprint density at radius 3 is 2.55 bits per heavy atom. The first kappa shape index (κ1) is 22.3. The summed E-state index contributed by atoms with van der Waals surface area (Å²) >= 11 is 19.4. The highest BCUT2D eigenvalue weighted by atomic mass is 35.5. The Hall–Kier alpha value is -2.46. The van der Waals surface area contributed by atoms with Gasteiger partial charge in [0, 0.05) is 15.6 Å². The molecule has 3 aromatic rings. The molecule has 1 saturated carbocycles. The molecular weight excluding hydrogens is 514 g/mol. The van der Waals surface area contributed by atoms with E-state index in [9.17, 15) is 19.1 Å². The topological polar surface area (TPSA) is 86.6 Å². The molecule has 2 fully saturated rings. The maximum absolute atomic E-state index is 13.5. The number of rotatable bonds is 5. The second kappa shape index (κ2) is 8.09. The van der Waals surface area contributed by atoms with Gasteiger partial charge in [0.05, 0.1) is 18.1 Å². The summed E-state index contributed by atoms with van der Waals surface area (Å²) in [5.41, 5.74) is 0.0563. The van der Waals surface area contributed by atoms with Crippen molar-refractivity contribution in [3.05, 3.63) is 61.8 Å². The molecule has 2 heterocycles. The van der Waals surface area contributed by atoms with E-state index in [2.05, 4.69) is 10.2 Å². The van der Waals surface area contributed by atoms with Crippen molar-refractivity contribution >= 4 is 58.1 Å². The molecule has 5 rings (SSSR count). The first-order valence-electron chi connectivity index (χ1n) is 9.78. The van der Waals surface area contributed by atoms with Gasteiger partial charge in [0.25, 0.3) is 5.91 Å². The summed E-state index contributed by atoms with van der Waals surface area (Å²) in [5.74, 6) is -1.78. The molecule has 1 aliphatic heterocycles. The Balaban J connectivity index is 1.39. The molecular formula is C21H14Cl3FN4O3S. The molecule has 1 aliphatic carbocycles. The number of hydrogen-bond acceptors (Lipinski definition) is 6. The van der Waals surface area contributed by atoms with Crippen LogP contribution in [0.15, 0.2) is 30.3 Å². The number of carbonyl (C=O) groups is 2. The molecule has 12 heteroatoms. The molecule has 7 nitrogen and oxygen atoms in total. The Morgan fingerprint density at radius 1 is 1.09 bits per heavy atom. The summed E-state index contributed by atoms with van der Waals surface area (Å²) in [6, 6.07) is 6.95. The van der Waals surface area contributed by atoms with Gasteiger partial charge < -0.3 is 10.0 Å². The highest BCUT2D eigenvalue weighted by Crippen LogP contribution is 2.49. The molecule has 170 valence electrons. The Morgan fingerprint density at radius 2 is 1.85 bits per heavy atom. The van der Waals surface area contributed by atoms with Crippen molar-refractivity contribution in [2.45, 2.75) is 31.5 Å². The third kappa shape index (κ3) is 3.73. The van der Waals surface area contributed by atoms with Gasteiger partial charge >= 0.3 is 6.03 Å².